The number of rotatable bonds is 4. The van der Waals surface area contributed by atoms with Crippen LogP contribution >= 0.6 is 15.9 Å². The Hall–Kier alpha value is -1.66. The molecule has 1 aliphatic carbocycles. The lowest BCUT2D eigenvalue weighted by Gasteiger charge is -2.13. The Balaban J connectivity index is 1.99. The molecule has 6 heteroatoms. The molecule has 3 N–H and O–H groups in total. The minimum absolute atomic E-state index is 0.435. The number of ether oxygens (including phenoxy) is 1. The maximum Gasteiger partial charge on any atom is 0.227 e. The predicted molar refractivity (Wildman–Crippen MR) is 80.8 cm³/mol. The Labute approximate surface area is 125 Å². The SMILES string of the molecule is Cc1c(NN)nc(C2CC2)nc1Oc1ccccc1Br. The van der Waals surface area contributed by atoms with E-state index in [4.69, 9.17) is 10.6 Å². The van der Waals surface area contributed by atoms with Gasteiger partial charge in [-0.15, -0.1) is 0 Å². The van der Waals surface area contributed by atoms with Crippen molar-refractivity contribution in [2.45, 2.75) is 25.7 Å². The van der Waals surface area contributed by atoms with E-state index in [2.05, 4.69) is 31.3 Å². The van der Waals surface area contributed by atoms with Gasteiger partial charge < -0.3 is 10.2 Å². The fourth-order valence-electron chi connectivity index (χ4n) is 1.91. The maximum atomic E-state index is 5.91. The van der Waals surface area contributed by atoms with Gasteiger partial charge in [0, 0.05) is 5.92 Å². The average Bonchev–Trinajstić information content (AvgIpc) is 3.28. The second-order valence-corrected chi connectivity index (χ2v) is 5.67. The molecule has 1 fully saturated rings. The number of nitrogens with zero attached hydrogens (tertiary/aromatic N) is 2. The highest BCUT2D eigenvalue weighted by Crippen LogP contribution is 2.40. The molecule has 1 saturated carbocycles. The van der Waals surface area contributed by atoms with Gasteiger partial charge in [0.05, 0.1) is 10.0 Å². The summed E-state index contributed by atoms with van der Waals surface area (Å²) in [5.41, 5.74) is 3.42. The third-order valence-electron chi connectivity index (χ3n) is 3.24. The summed E-state index contributed by atoms with van der Waals surface area (Å²) < 4.78 is 6.79. The fraction of sp³-hybridized carbons (Fsp3) is 0.286. The van der Waals surface area contributed by atoms with Gasteiger partial charge in [0.2, 0.25) is 5.88 Å². The number of para-hydroxylation sites is 1. The molecule has 20 heavy (non-hydrogen) atoms. The van der Waals surface area contributed by atoms with Crippen LogP contribution in [0.25, 0.3) is 0 Å². The number of hydrogen-bond acceptors (Lipinski definition) is 5. The van der Waals surface area contributed by atoms with Crippen LogP contribution in [0.4, 0.5) is 5.82 Å². The van der Waals surface area contributed by atoms with Gasteiger partial charge in [-0.3, -0.25) is 0 Å². The van der Waals surface area contributed by atoms with E-state index in [1.807, 2.05) is 31.2 Å². The summed E-state index contributed by atoms with van der Waals surface area (Å²) in [6.07, 6.45) is 2.25. The van der Waals surface area contributed by atoms with Crippen molar-refractivity contribution < 1.29 is 4.74 Å². The molecule has 3 rings (SSSR count). The van der Waals surface area contributed by atoms with Gasteiger partial charge >= 0.3 is 0 Å². The number of nitrogen functional groups attached to an aromatic ring is 1. The topological polar surface area (TPSA) is 73.1 Å². The zero-order valence-corrected chi connectivity index (χ0v) is 12.6. The molecule has 1 aromatic carbocycles. The first-order valence-corrected chi connectivity index (χ1v) is 7.26. The molecule has 0 bridgehead atoms. The zero-order valence-electron chi connectivity index (χ0n) is 11.1. The van der Waals surface area contributed by atoms with E-state index in [-0.39, 0.29) is 0 Å². The summed E-state index contributed by atoms with van der Waals surface area (Å²) in [4.78, 5) is 8.97. The lowest BCUT2D eigenvalue weighted by atomic mass is 10.3. The van der Waals surface area contributed by atoms with Crippen LogP contribution in [-0.4, -0.2) is 9.97 Å². The normalized spacial score (nSPS) is 14.2. The van der Waals surface area contributed by atoms with Crippen LogP contribution in [0.2, 0.25) is 0 Å². The first-order valence-electron chi connectivity index (χ1n) is 6.46. The number of hydrazine groups is 1. The van der Waals surface area contributed by atoms with Gasteiger partial charge in [0.25, 0.3) is 0 Å². The Bertz CT molecular complexity index is 643. The molecule has 0 amide bonds. The van der Waals surface area contributed by atoms with E-state index in [9.17, 15) is 0 Å². The molecule has 5 nitrogen and oxygen atoms in total. The smallest absolute Gasteiger partial charge is 0.227 e. The van der Waals surface area contributed by atoms with Gasteiger partial charge in [0.1, 0.15) is 11.6 Å². The molecule has 1 aromatic heterocycles. The Morgan fingerprint density at radius 1 is 1.30 bits per heavy atom. The molecular formula is C14H15BrN4O. The lowest BCUT2D eigenvalue weighted by Crippen LogP contribution is -2.13. The van der Waals surface area contributed by atoms with Crippen LogP contribution in [0.1, 0.15) is 30.1 Å². The number of aromatic nitrogens is 2. The second kappa shape index (κ2) is 5.38. The summed E-state index contributed by atoms with van der Waals surface area (Å²) in [7, 11) is 0. The van der Waals surface area contributed by atoms with Crippen LogP contribution in [0.3, 0.4) is 0 Å². The Morgan fingerprint density at radius 3 is 2.70 bits per heavy atom. The van der Waals surface area contributed by atoms with Crippen molar-refractivity contribution in [3.63, 3.8) is 0 Å². The Morgan fingerprint density at radius 2 is 2.05 bits per heavy atom. The number of nitrogens with two attached hydrogens (primary N) is 1. The van der Waals surface area contributed by atoms with Crippen LogP contribution < -0.4 is 16.0 Å². The van der Waals surface area contributed by atoms with Crippen LogP contribution in [0.5, 0.6) is 11.6 Å². The minimum Gasteiger partial charge on any atom is -0.437 e. The fourth-order valence-corrected chi connectivity index (χ4v) is 2.27. The van der Waals surface area contributed by atoms with E-state index >= 15 is 0 Å². The third-order valence-corrected chi connectivity index (χ3v) is 3.90. The number of halogens is 1. The molecule has 2 aromatic rings. The van der Waals surface area contributed by atoms with Crippen LogP contribution in [0.15, 0.2) is 28.7 Å². The molecule has 104 valence electrons. The molecule has 0 unspecified atom stereocenters. The summed E-state index contributed by atoms with van der Waals surface area (Å²) >= 11 is 3.46. The van der Waals surface area contributed by atoms with Gasteiger partial charge in [0.15, 0.2) is 5.82 Å². The quantitative estimate of drug-likeness (QED) is 0.661. The lowest BCUT2D eigenvalue weighted by molar-refractivity contribution is 0.452. The van der Waals surface area contributed by atoms with Crippen molar-refractivity contribution in [1.29, 1.82) is 0 Å². The minimum atomic E-state index is 0.435. The van der Waals surface area contributed by atoms with Crippen molar-refractivity contribution in [2.24, 2.45) is 5.84 Å². The summed E-state index contributed by atoms with van der Waals surface area (Å²) in [6, 6.07) is 7.67. The highest BCUT2D eigenvalue weighted by atomic mass is 79.9. The van der Waals surface area contributed by atoms with Crippen LogP contribution in [-0.2, 0) is 0 Å². The van der Waals surface area contributed by atoms with Crippen molar-refractivity contribution in [2.75, 3.05) is 5.43 Å². The molecule has 0 atom stereocenters. The zero-order chi connectivity index (χ0) is 14.1. The summed E-state index contributed by atoms with van der Waals surface area (Å²) in [5, 5.41) is 0. The van der Waals surface area contributed by atoms with Crippen molar-refractivity contribution >= 4 is 21.7 Å². The highest BCUT2D eigenvalue weighted by Gasteiger charge is 2.28. The largest absolute Gasteiger partial charge is 0.437 e. The van der Waals surface area contributed by atoms with Gasteiger partial charge in [-0.05, 0) is 47.8 Å². The first kappa shape index (κ1) is 13.3. The molecule has 0 radical (unpaired) electrons. The van der Waals surface area contributed by atoms with Crippen LogP contribution in [0, 0.1) is 6.92 Å². The summed E-state index contributed by atoms with van der Waals surface area (Å²) in [6.45, 7) is 1.89. The number of benzene rings is 1. The molecule has 1 aliphatic rings. The standard InChI is InChI=1S/C14H15BrN4O/c1-8-12(19-16)17-13(9-6-7-9)18-14(8)20-11-5-3-2-4-10(11)15/h2-5,9H,6-7,16H2,1H3,(H,17,18,19). The molecule has 0 saturated heterocycles. The van der Waals surface area contributed by atoms with E-state index in [1.165, 1.54) is 0 Å². The number of anilines is 1. The molecule has 0 spiro atoms. The van der Waals surface area contributed by atoms with Crippen molar-refractivity contribution in [3.05, 3.63) is 40.1 Å². The van der Waals surface area contributed by atoms with E-state index in [1.54, 1.807) is 0 Å². The van der Waals surface area contributed by atoms with Crippen molar-refractivity contribution in [1.82, 2.24) is 9.97 Å². The van der Waals surface area contributed by atoms with Gasteiger partial charge in [-0.1, -0.05) is 12.1 Å². The molecular weight excluding hydrogens is 320 g/mol. The Kier molecular flexibility index (Phi) is 3.58. The average molecular weight is 335 g/mol. The summed E-state index contributed by atoms with van der Waals surface area (Å²) in [5.74, 6) is 8.64. The monoisotopic (exact) mass is 334 g/mol. The highest BCUT2D eigenvalue weighted by molar-refractivity contribution is 9.10. The predicted octanol–water partition coefficient (Wildman–Crippen LogP) is 3.50. The van der Waals surface area contributed by atoms with Gasteiger partial charge in [-0.25, -0.2) is 10.8 Å². The maximum absolute atomic E-state index is 5.91. The van der Waals surface area contributed by atoms with Crippen molar-refractivity contribution in [3.8, 4) is 11.6 Å². The molecule has 1 heterocycles. The van der Waals surface area contributed by atoms with E-state index in [0.29, 0.717) is 17.6 Å². The third kappa shape index (κ3) is 2.62. The van der Waals surface area contributed by atoms with E-state index in [0.717, 1.165) is 34.5 Å². The number of hydrogen-bond donors (Lipinski definition) is 2. The molecule has 0 aliphatic heterocycles. The first-order chi connectivity index (χ1) is 9.69. The van der Waals surface area contributed by atoms with Gasteiger partial charge in [-0.2, -0.15) is 4.98 Å². The number of nitrogens with one attached hydrogen (secondary N) is 1. The van der Waals surface area contributed by atoms with E-state index < -0.39 is 0 Å². The second-order valence-electron chi connectivity index (χ2n) is 4.81.